The van der Waals surface area contributed by atoms with Crippen molar-refractivity contribution in [3.63, 3.8) is 0 Å². The molecule has 3 heterocycles. The van der Waals surface area contributed by atoms with Gasteiger partial charge < -0.3 is 30.1 Å². The minimum atomic E-state index is -1.27. The van der Waals surface area contributed by atoms with Crippen LogP contribution in [0.25, 0.3) is 11.3 Å². The molecule has 3 atom stereocenters. The fraction of sp³-hybridized carbons (Fsp3) is 0.400. The first-order chi connectivity index (χ1) is 13.2. The first-order valence-electron chi connectivity index (χ1n) is 9.08. The number of carboxylic acid groups (broad SMARTS) is 1. The number of aryl methyl sites for hydroxylation is 1. The van der Waals surface area contributed by atoms with Gasteiger partial charge in [0.1, 0.15) is 23.1 Å². The second-order valence-electron chi connectivity index (χ2n) is 8.01. The molecule has 2 aliphatic heterocycles. The molecule has 0 radical (unpaired) electrons. The van der Waals surface area contributed by atoms with E-state index in [2.05, 4.69) is 10.5 Å². The zero-order chi connectivity index (χ0) is 20.2. The van der Waals surface area contributed by atoms with Gasteiger partial charge in [-0.15, -0.1) is 0 Å². The smallest absolute Gasteiger partial charge is 0.548 e. The van der Waals surface area contributed by atoms with E-state index in [1.165, 1.54) is 4.90 Å². The van der Waals surface area contributed by atoms with Crippen molar-refractivity contribution in [3.05, 3.63) is 41.7 Å². The Morgan fingerprint density at radius 3 is 2.50 bits per heavy atom. The van der Waals surface area contributed by atoms with Crippen LogP contribution in [0.1, 0.15) is 36.4 Å². The maximum absolute atomic E-state index is 12.9. The van der Waals surface area contributed by atoms with E-state index in [9.17, 15) is 19.5 Å². The molecule has 30 heavy (non-hydrogen) atoms. The Morgan fingerprint density at radius 1 is 1.27 bits per heavy atom. The summed E-state index contributed by atoms with van der Waals surface area (Å²) < 4.78 is 5.21. The number of nitrogens with zero attached hydrogens (tertiary/aromatic N) is 2. The molecule has 0 spiro atoms. The summed E-state index contributed by atoms with van der Waals surface area (Å²) in [7, 11) is 0. The van der Waals surface area contributed by atoms with Crippen molar-refractivity contribution in [1.29, 1.82) is 0 Å². The fourth-order valence-corrected chi connectivity index (χ4v) is 4.37. The van der Waals surface area contributed by atoms with Crippen LogP contribution in [0, 0.1) is 12.3 Å². The Morgan fingerprint density at radius 2 is 1.90 bits per heavy atom. The zero-order valence-electron chi connectivity index (χ0n) is 17.3. The van der Waals surface area contributed by atoms with E-state index in [0.29, 0.717) is 17.9 Å². The summed E-state index contributed by atoms with van der Waals surface area (Å²) >= 11 is 0. The third kappa shape index (κ3) is 3.66. The summed E-state index contributed by atoms with van der Waals surface area (Å²) in [4.78, 5) is 38.3. The molecule has 9 nitrogen and oxygen atoms in total. The van der Waals surface area contributed by atoms with Crippen molar-refractivity contribution in [2.24, 2.45) is 5.41 Å². The molecule has 10 heteroatoms. The first-order valence-corrected chi connectivity index (χ1v) is 9.08. The largest absolute Gasteiger partial charge is 1.00 e. The zero-order valence-corrected chi connectivity index (χ0v) is 19.3. The number of hydrogen-bond acceptors (Lipinski definition) is 6. The minimum Gasteiger partial charge on any atom is -0.548 e. The number of carbonyl (C=O) groups is 3. The number of fused-ring (bicyclic) bond motifs is 1. The average Bonchev–Trinajstić information content (AvgIpc) is 3.15. The number of benzene rings is 1. The van der Waals surface area contributed by atoms with Crippen LogP contribution in [0.2, 0.25) is 0 Å². The van der Waals surface area contributed by atoms with Gasteiger partial charge in [-0.05, 0) is 18.8 Å². The molecule has 3 N–H and O–H groups in total. The maximum atomic E-state index is 12.9. The van der Waals surface area contributed by atoms with Gasteiger partial charge >= 0.3 is 29.6 Å². The number of nitrogens with one attached hydrogen (secondary N) is 1. The van der Waals surface area contributed by atoms with Crippen molar-refractivity contribution >= 4 is 17.8 Å². The predicted octanol–water partition coefficient (Wildman–Crippen LogP) is -3.31. The maximum Gasteiger partial charge on any atom is 1.00 e. The molecule has 154 valence electrons. The van der Waals surface area contributed by atoms with Crippen molar-refractivity contribution in [2.45, 2.75) is 45.3 Å². The van der Waals surface area contributed by atoms with Crippen LogP contribution in [0.4, 0.5) is 0 Å². The van der Waals surface area contributed by atoms with Gasteiger partial charge in [0.2, 0.25) is 5.91 Å². The number of aromatic nitrogens is 1. The van der Waals surface area contributed by atoms with E-state index in [1.807, 2.05) is 30.3 Å². The summed E-state index contributed by atoms with van der Waals surface area (Å²) in [5, 5.41) is 18.2. The SMILES string of the molecule is Cc1onc(-c2ccccc2)c1C(=O)N[C@@H]1C(=O)N2[C@@H]1CC(C)(C)[C@@H]2C(=O)[O-].O.[Na+]. The number of hydrogen-bond donors (Lipinski definition) is 1. The summed E-state index contributed by atoms with van der Waals surface area (Å²) in [6, 6.07) is 7.01. The minimum absolute atomic E-state index is 0. The molecule has 2 saturated heterocycles. The van der Waals surface area contributed by atoms with Gasteiger partial charge in [-0.2, -0.15) is 0 Å². The van der Waals surface area contributed by atoms with Gasteiger partial charge in [-0.3, -0.25) is 9.59 Å². The molecule has 0 saturated carbocycles. The van der Waals surface area contributed by atoms with Crippen molar-refractivity contribution < 1.29 is 59.0 Å². The monoisotopic (exact) mass is 423 g/mol. The third-order valence-corrected chi connectivity index (χ3v) is 5.66. The van der Waals surface area contributed by atoms with Gasteiger partial charge in [0.15, 0.2) is 0 Å². The summed E-state index contributed by atoms with van der Waals surface area (Å²) in [5.74, 6) is -1.80. The number of carboxylic acids is 1. The van der Waals surface area contributed by atoms with E-state index in [0.717, 1.165) is 5.56 Å². The van der Waals surface area contributed by atoms with E-state index in [4.69, 9.17) is 4.52 Å². The molecule has 2 aromatic rings. The van der Waals surface area contributed by atoms with Gasteiger partial charge in [0.05, 0.1) is 18.1 Å². The van der Waals surface area contributed by atoms with Crippen molar-refractivity contribution in [2.75, 3.05) is 0 Å². The average molecular weight is 423 g/mol. The van der Waals surface area contributed by atoms with Gasteiger partial charge in [0.25, 0.3) is 5.91 Å². The summed E-state index contributed by atoms with van der Waals surface area (Å²) in [5.41, 5.74) is 0.774. The molecule has 2 fully saturated rings. The molecule has 0 unspecified atom stereocenters. The third-order valence-electron chi connectivity index (χ3n) is 5.66. The Kier molecular flexibility index (Phi) is 6.82. The van der Waals surface area contributed by atoms with Crippen LogP contribution in [0.5, 0.6) is 0 Å². The molecule has 0 aliphatic carbocycles. The fourth-order valence-electron chi connectivity index (χ4n) is 4.37. The van der Waals surface area contributed by atoms with Crippen LogP contribution in [0.15, 0.2) is 34.9 Å². The van der Waals surface area contributed by atoms with Crippen LogP contribution >= 0.6 is 0 Å². The summed E-state index contributed by atoms with van der Waals surface area (Å²) in [6.07, 6.45) is 0.469. The molecular formula is C20H22N3NaO6. The Balaban J connectivity index is 0.00000160. The van der Waals surface area contributed by atoms with Crippen LogP contribution in [-0.4, -0.2) is 51.4 Å². The predicted molar refractivity (Wildman–Crippen MR) is 99.4 cm³/mol. The van der Waals surface area contributed by atoms with Crippen LogP contribution < -0.4 is 40.0 Å². The summed E-state index contributed by atoms with van der Waals surface area (Å²) in [6.45, 7) is 5.21. The van der Waals surface area contributed by atoms with E-state index >= 15 is 0 Å². The molecule has 0 bridgehead atoms. The quantitative estimate of drug-likeness (QED) is 0.402. The molecule has 4 rings (SSSR count). The van der Waals surface area contributed by atoms with Gasteiger partial charge in [-0.1, -0.05) is 49.3 Å². The van der Waals surface area contributed by atoms with Crippen LogP contribution in [0.3, 0.4) is 0 Å². The molecule has 2 amide bonds. The Hall–Kier alpha value is -2.20. The van der Waals surface area contributed by atoms with E-state index < -0.39 is 35.3 Å². The van der Waals surface area contributed by atoms with Gasteiger partial charge in [-0.25, -0.2) is 0 Å². The second kappa shape index (κ2) is 8.50. The second-order valence-corrected chi connectivity index (χ2v) is 8.01. The topological polar surface area (TPSA) is 147 Å². The van der Waals surface area contributed by atoms with Crippen molar-refractivity contribution in [1.82, 2.24) is 15.4 Å². The number of rotatable bonds is 4. The van der Waals surface area contributed by atoms with Gasteiger partial charge in [0, 0.05) is 5.56 Å². The Bertz CT molecular complexity index is 974. The first kappa shape index (κ1) is 24.1. The standard InChI is InChI=1S/C20H21N3O5.Na.H2O/c1-10-13(14(22-28-10)11-7-5-4-6-8-11)17(24)21-15-12-9-20(2,3)16(19(26)27)23(12)18(15)25;;/h4-8,12,15-16H,9H2,1-3H3,(H,21,24)(H,26,27);;1H2/q;+1;/p-1/t12-,15+,16+;;/m1../s1. The molecule has 1 aromatic heterocycles. The van der Waals surface area contributed by atoms with E-state index in [1.54, 1.807) is 20.8 Å². The number of carbonyl (C=O) groups excluding carboxylic acids is 3. The van der Waals surface area contributed by atoms with Crippen molar-refractivity contribution in [3.8, 4) is 11.3 Å². The van der Waals surface area contributed by atoms with Crippen LogP contribution in [-0.2, 0) is 9.59 Å². The number of β-lactam (4-membered cyclic amide) rings is 1. The number of aliphatic carboxylic acids is 1. The molecule has 2 aliphatic rings. The number of amides is 2. The van der Waals surface area contributed by atoms with E-state index in [-0.39, 0.29) is 46.6 Å². The normalized spacial score (nSPS) is 23.5. The Labute approximate surface area is 195 Å². The molecular weight excluding hydrogens is 401 g/mol. The molecule has 1 aromatic carbocycles.